The van der Waals surface area contributed by atoms with Gasteiger partial charge in [-0.1, -0.05) is 31.2 Å². The van der Waals surface area contributed by atoms with Crippen molar-refractivity contribution in [1.82, 2.24) is 29.3 Å². The van der Waals surface area contributed by atoms with E-state index in [1.807, 2.05) is 30.0 Å². The van der Waals surface area contributed by atoms with E-state index in [2.05, 4.69) is 21.8 Å². The standard InChI is InChI=1S/C58H53ClF2N10O7S/c1-4-30-34-23-43-48-37(25-71(43)54(73)38(34)26-76-55(30)74)31-8-5-9-32-41(12-13-42(64-48)44(31)32)65-57(75)78-29(3)28(2)53(72)69-20-18-68(19-21-69)52-35-22-39(59)46(33-10-11-40(60)50-45(33)36(24-62)51(63)79-50)47(61)49(35)66-56(67-52)77-27-58-14-6-16-70(58)17-7-15-58/h10-13,22-23,29-30H,2,4-9,14-21,25-27,63H2,1,3H3,(H,65,75). The van der Waals surface area contributed by atoms with E-state index < -0.39 is 35.7 Å². The van der Waals surface area contributed by atoms with Crippen molar-refractivity contribution in [3.05, 3.63) is 109 Å². The maximum atomic E-state index is 17.4. The molecule has 5 aliphatic heterocycles. The van der Waals surface area contributed by atoms with E-state index in [1.165, 1.54) is 12.1 Å². The van der Waals surface area contributed by atoms with Gasteiger partial charge in [-0.25, -0.2) is 18.6 Å². The van der Waals surface area contributed by atoms with Gasteiger partial charge in [-0.05, 0) is 124 Å². The maximum absolute atomic E-state index is 17.4. The van der Waals surface area contributed by atoms with Crippen molar-refractivity contribution in [2.45, 2.75) is 95.9 Å². The van der Waals surface area contributed by atoms with Crippen LogP contribution < -0.4 is 26.2 Å². The molecule has 0 saturated carbocycles. The monoisotopic (exact) mass is 1110 g/mol. The number of fused-ring (bicyclic) bond motifs is 8. The summed E-state index contributed by atoms with van der Waals surface area (Å²) >= 11 is 7.89. The second kappa shape index (κ2) is 19.3. The van der Waals surface area contributed by atoms with Gasteiger partial charge in [-0.2, -0.15) is 15.2 Å². The number of benzene rings is 3. The molecule has 2 atom stereocenters. The first-order valence-electron chi connectivity index (χ1n) is 26.8. The first-order chi connectivity index (χ1) is 38.2. The normalized spacial score (nSPS) is 18.5. The van der Waals surface area contributed by atoms with Crippen LogP contribution in [0.2, 0.25) is 5.02 Å². The van der Waals surface area contributed by atoms with Gasteiger partial charge in [0.1, 0.15) is 47.5 Å². The van der Waals surface area contributed by atoms with Crippen molar-refractivity contribution in [2.75, 3.05) is 61.8 Å². The molecule has 21 heteroatoms. The molecular weight excluding hydrogens is 1050 g/mol. The summed E-state index contributed by atoms with van der Waals surface area (Å²) in [5.41, 5.74) is 12.8. The first-order valence-corrected chi connectivity index (χ1v) is 28.0. The average Bonchev–Trinajstić information content (AvgIpc) is 4.46. The van der Waals surface area contributed by atoms with Gasteiger partial charge < -0.3 is 34.3 Å². The number of carbonyl (C=O) groups is 3. The Labute approximate surface area is 460 Å². The number of anilines is 3. The number of aryl methyl sites for hydroxylation is 2. The zero-order valence-corrected chi connectivity index (χ0v) is 45.0. The fourth-order valence-corrected chi connectivity index (χ4v) is 14.5. The Morgan fingerprint density at radius 1 is 1.00 bits per heavy atom. The Morgan fingerprint density at radius 2 is 1.77 bits per heavy atom. The smallest absolute Gasteiger partial charge is 0.412 e. The lowest BCUT2D eigenvalue weighted by atomic mass is 9.86. The largest absolute Gasteiger partial charge is 0.461 e. The summed E-state index contributed by atoms with van der Waals surface area (Å²) in [5.74, 6) is -2.31. The van der Waals surface area contributed by atoms with Crippen LogP contribution in [0.15, 0.2) is 53.3 Å². The molecule has 2 amide bonds. The summed E-state index contributed by atoms with van der Waals surface area (Å²) in [6, 6.07) is 11.7. The maximum Gasteiger partial charge on any atom is 0.412 e. The number of aromatic nitrogens is 4. The number of pyridine rings is 2. The highest BCUT2D eigenvalue weighted by Gasteiger charge is 2.45. The Bertz CT molecular complexity index is 3950. The van der Waals surface area contributed by atoms with Crippen molar-refractivity contribution in [3.63, 3.8) is 0 Å². The van der Waals surface area contributed by atoms with E-state index in [0.29, 0.717) is 59.7 Å². The number of nitriles is 1. The minimum atomic E-state index is -1.00. The van der Waals surface area contributed by atoms with Gasteiger partial charge in [-0.15, -0.1) is 11.3 Å². The fraction of sp³-hybridized carbons (Fsp3) is 0.379. The summed E-state index contributed by atoms with van der Waals surface area (Å²) in [4.78, 5) is 74.9. The molecule has 13 rings (SSSR count). The Hall–Kier alpha value is -7.73. The number of carbonyl (C=O) groups excluding carboxylic acids is 3. The number of piperazine rings is 1. The van der Waals surface area contributed by atoms with Crippen LogP contribution in [-0.4, -0.2) is 105 Å². The quantitative estimate of drug-likeness (QED) is 0.0965. The van der Waals surface area contributed by atoms with E-state index in [1.54, 1.807) is 28.5 Å². The Balaban J connectivity index is 0.725. The number of nitrogens with two attached hydrogens (primary N) is 1. The van der Waals surface area contributed by atoms with Gasteiger partial charge in [0.15, 0.2) is 5.82 Å². The minimum absolute atomic E-state index is 0.0182. The molecule has 9 heterocycles. The number of ether oxygens (including phenoxy) is 3. The number of nitrogens with zero attached hydrogens (tertiary/aromatic N) is 8. The van der Waals surface area contributed by atoms with Crippen molar-refractivity contribution in [2.24, 2.45) is 0 Å². The summed E-state index contributed by atoms with van der Waals surface area (Å²) in [6.07, 6.45) is 4.98. The Kier molecular flexibility index (Phi) is 12.4. The van der Waals surface area contributed by atoms with Crippen molar-refractivity contribution in [1.29, 1.82) is 5.26 Å². The van der Waals surface area contributed by atoms with Crippen LogP contribution in [0, 0.1) is 23.0 Å². The number of thiophene rings is 1. The summed E-state index contributed by atoms with van der Waals surface area (Å²) in [6.45, 7) is 11.1. The van der Waals surface area contributed by atoms with Gasteiger partial charge in [0, 0.05) is 59.2 Å². The molecule has 3 aromatic carbocycles. The van der Waals surface area contributed by atoms with E-state index in [0.717, 1.165) is 96.2 Å². The van der Waals surface area contributed by atoms with E-state index in [4.69, 9.17) is 41.5 Å². The SMILES string of the molecule is C=C(C(=O)N1CCN(c2nc(OCC34CCCN3CCC4)nc3c(F)c(-c4ccc(F)c5sc(N)c(C#N)c45)c(Cl)cc23)CC1)C(C)OC(=O)Nc1ccc2nc3c(c4c2c1CCC4)Cn1c-3cc2c(c1=O)COC(=O)C2CC. The predicted molar refractivity (Wildman–Crippen MR) is 296 cm³/mol. The summed E-state index contributed by atoms with van der Waals surface area (Å²) < 4.78 is 52.0. The van der Waals surface area contributed by atoms with Gasteiger partial charge in [0.25, 0.3) is 11.5 Å². The van der Waals surface area contributed by atoms with E-state index in [-0.39, 0.29) is 104 Å². The predicted octanol–water partition coefficient (Wildman–Crippen LogP) is 9.52. The molecule has 0 spiro atoms. The third kappa shape index (κ3) is 8.08. The molecule has 6 aliphatic rings. The molecule has 4 aromatic heterocycles. The van der Waals surface area contributed by atoms with Crippen LogP contribution in [-0.2, 0) is 45.1 Å². The van der Waals surface area contributed by atoms with Crippen LogP contribution in [0.1, 0.15) is 91.7 Å². The van der Waals surface area contributed by atoms with Gasteiger partial charge in [0.05, 0.1) is 61.3 Å². The number of nitrogens with one attached hydrogen (secondary N) is 1. The molecular formula is C58H53ClF2N10O7S. The lowest BCUT2D eigenvalue weighted by Gasteiger charge is -2.36. The molecule has 2 unspecified atom stereocenters. The zero-order valence-electron chi connectivity index (χ0n) is 43.4. The topological polar surface area (TPSA) is 211 Å². The highest BCUT2D eigenvalue weighted by molar-refractivity contribution is 7.23. The average molecular weight is 1110 g/mol. The van der Waals surface area contributed by atoms with Crippen LogP contribution in [0.4, 0.5) is 30.1 Å². The second-order valence-electron chi connectivity index (χ2n) is 21.4. The van der Waals surface area contributed by atoms with E-state index in [9.17, 15) is 24.4 Å². The van der Waals surface area contributed by atoms with Crippen molar-refractivity contribution in [3.8, 4) is 34.6 Å². The minimum Gasteiger partial charge on any atom is -0.461 e. The van der Waals surface area contributed by atoms with Gasteiger partial charge in [-0.3, -0.25) is 24.6 Å². The number of halogens is 3. The van der Waals surface area contributed by atoms with Crippen LogP contribution >= 0.6 is 22.9 Å². The number of nitrogen functional groups attached to an aromatic ring is 1. The molecule has 3 N–H and O–H groups in total. The van der Waals surface area contributed by atoms with Gasteiger partial charge in [0.2, 0.25) is 0 Å². The summed E-state index contributed by atoms with van der Waals surface area (Å²) in [7, 11) is 0. The van der Waals surface area contributed by atoms with Crippen molar-refractivity contribution >= 4 is 89.3 Å². The molecule has 3 saturated heterocycles. The van der Waals surface area contributed by atoms with Gasteiger partial charge >= 0.3 is 18.1 Å². The lowest BCUT2D eigenvalue weighted by Crippen LogP contribution is -2.50. The summed E-state index contributed by atoms with van der Waals surface area (Å²) in [5, 5.41) is 14.4. The van der Waals surface area contributed by atoms with Crippen molar-refractivity contribution < 1.29 is 37.4 Å². The number of cyclic esters (lactones) is 1. The molecule has 79 heavy (non-hydrogen) atoms. The molecule has 7 aromatic rings. The number of hydrogen-bond donors (Lipinski definition) is 2. The fourth-order valence-electron chi connectivity index (χ4n) is 13.2. The molecule has 0 radical (unpaired) electrons. The van der Waals surface area contributed by atoms with E-state index >= 15 is 8.78 Å². The molecule has 3 fully saturated rings. The third-order valence-corrected chi connectivity index (χ3v) is 18.5. The van der Waals surface area contributed by atoms with Crippen LogP contribution in [0.25, 0.3) is 54.4 Å². The highest BCUT2D eigenvalue weighted by Crippen LogP contribution is 2.47. The lowest BCUT2D eigenvalue weighted by molar-refractivity contribution is -0.148. The number of amides is 2. The molecule has 0 bridgehead atoms. The third-order valence-electron chi connectivity index (χ3n) is 17.2. The highest BCUT2D eigenvalue weighted by atomic mass is 35.5. The molecule has 404 valence electrons. The molecule has 1 aliphatic carbocycles. The Morgan fingerprint density at radius 3 is 2.53 bits per heavy atom. The number of hydrogen-bond acceptors (Lipinski definition) is 15. The first kappa shape index (κ1) is 50.8. The second-order valence-corrected chi connectivity index (χ2v) is 22.8. The number of rotatable bonds is 10. The van der Waals surface area contributed by atoms with Crippen LogP contribution in [0.5, 0.6) is 6.01 Å². The number of esters is 1. The van der Waals surface area contributed by atoms with Crippen LogP contribution in [0.3, 0.4) is 0 Å². The zero-order chi connectivity index (χ0) is 54.8. The molecule has 17 nitrogen and oxygen atoms in total.